The van der Waals surface area contributed by atoms with Crippen LogP contribution in [0.15, 0.2) is 40.8 Å². The second kappa shape index (κ2) is 7.18. The number of aryl methyl sites for hydroxylation is 2. The van der Waals surface area contributed by atoms with Crippen molar-refractivity contribution in [2.75, 3.05) is 6.54 Å². The molecule has 2 aromatic rings. The van der Waals surface area contributed by atoms with Crippen LogP contribution in [0, 0.1) is 13.8 Å². The van der Waals surface area contributed by atoms with Crippen molar-refractivity contribution >= 4 is 23.8 Å². The topological polar surface area (TPSA) is 121 Å². The maximum absolute atomic E-state index is 12.7. The summed E-state index contributed by atoms with van der Waals surface area (Å²) in [4.78, 5) is 49.2. The molecule has 1 unspecified atom stereocenters. The fourth-order valence-corrected chi connectivity index (χ4v) is 2.98. The van der Waals surface area contributed by atoms with Crippen molar-refractivity contribution in [3.05, 3.63) is 59.0 Å². The van der Waals surface area contributed by atoms with Crippen LogP contribution in [0.1, 0.15) is 34.4 Å². The van der Waals surface area contributed by atoms with Crippen molar-refractivity contribution in [2.24, 2.45) is 0 Å². The first-order chi connectivity index (χ1) is 13.2. The third-order valence-corrected chi connectivity index (χ3v) is 4.47. The monoisotopic (exact) mass is 384 g/mol. The maximum atomic E-state index is 12.7. The molecule has 0 saturated carbocycles. The molecule has 3 rings (SSSR count). The van der Waals surface area contributed by atoms with E-state index < -0.39 is 35.8 Å². The number of furan rings is 1. The lowest BCUT2D eigenvalue weighted by molar-refractivity contribution is -0.138. The Labute approximate surface area is 161 Å². The molecular weight excluding hydrogens is 364 g/mol. The van der Waals surface area contributed by atoms with E-state index in [1.807, 2.05) is 0 Å². The first-order valence-corrected chi connectivity index (χ1v) is 8.59. The van der Waals surface area contributed by atoms with Crippen LogP contribution in [0.25, 0.3) is 0 Å². The molecule has 146 valence electrons. The van der Waals surface area contributed by atoms with Gasteiger partial charge in [-0.05, 0) is 32.4 Å². The Morgan fingerprint density at radius 3 is 2.46 bits per heavy atom. The number of imide groups is 1. The third-order valence-electron chi connectivity index (χ3n) is 4.47. The Kier molecular flexibility index (Phi) is 4.91. The molecule has 1 aromatic heterocycles. The lowest BCUT2D eigenvalue weighted by Gasteiger charge is -2.22. The van der Waals surface area contributed by atoms with Gasteiger partial charge in [0, 0.05) is 0 Å². The molecule has 9 nitrogen and oxygen atoms in total. The van der Waals surface area contributed by atoms with Crippen LogP contribution in [-0.2, 0) is 15.1 Å². The largest absolute Gasteiger partial charge is 0.466 e. The van der Waals surface area contributed by atoms with Gasteiger partial charge in [-0.2, -0.15) is 5.01 Å². The molecule has 2 heterocycles. The molecule has 9 heteroatoms. The van der Waals surface area contributed by atoms with Gasteiger partial charge in [-0.1, -0.05) is 30.3 Å². The summed E-state index contributed by atoms with van der Waals surface area (Å²) < 4.78 is 5.28. The number of amides is 5. The molecule has 0 radical (unpaired) electrons. The summed E-state index contributed by atoms with van der Waals surface area (Å²) >= 11 is 0. The molecule has 0 spiro atoms. The van der Waals surface area contributed by atoms with Gasteiger partial charge in [0.2, 0.25) is 0 Å². The molecular formula is C19H20N4O5. The van der Waals surface area contributed by atoms with Crippen molar-refractivity contribution in [3.63, 3.8) is 0 Å². The fraction of sp³-hybridized carbons (Fsp3) is 0.263. The second-order valence-electron chi connectivity index (χ2n) is 6.61. The number of urea groups is 1. The zero-order chi connectivity index (χ0) is 20.5. The van der Waals surface area contributed by atoms with Gasteiger partial charge in [0.05, 0.1) is 12.1 Å². The Bertz CT molecular complexity index is 952. The Morgan fingerprint density at radius 1 is 1.18 bits per heavy atom. The summed E-state index contributed by atoms with van der Waals surface area (Å²) in [5, 5.41) is 5.62. The minimum absolute atomic E-state index is 0.317. The second-order valence-corrected chi connectivity index (χ2v) is 6.61. The highest BCUT2D eigenvalue weighted by atomic mass is 16.3. The highest BCUT2D eigenvalue weighted by Gasteiger charge is 2.49. The highest BCUT2D eigenvalue weighted by Crippen LogP contribution is 2.27. The summed E-state index contributed by atoms with van der Waals surface area (Å²) in [6, 6.07) is 9.51. The normalized spacial score (nSPS) is 18.8. The van der Waals surface area contributed by atoms with E-state index in [0.29, 0.717) is 27.7 Å². The van der Waals surface area contributed by atoms with E-state index in [-0.39, 0.29) is 0 Å². The number of hydrogen-bond donors (Lipinski definition) is 3. The summed E-state index contributed by atoms with van der Waals surface area (Å²) in [6.07, 6.45) is 0. The van der Waals surface area contributed by atoms with Crippen LogP contribution in [0.2, 0.25) is 0 Å². The number of benzene rings is 1. The van der Waals surface area contributed by atoms with Gasteiger partial charge in [0.1, 0.15) is 17.1 Å². The molecule has 5 amide bonds. The van der Waals surface area contributed by atoms with Crippen LogP contribution < -0.4 is 16.1 Å². The minimum Gasteiger partial charge on any atom is -0.466 e. The molecule has 1 atom stereocenters. The molecule has 1 aliphatic rings. The fourth-order valence-electron chi connectivity index (χ4n) is 2.98. The predicted octanol–water partition coefficient (Wildman–Crippen LogP) is 1.12. The first kappa shape index (κ1) is 19.2. The van der Waals surface area contributed by atoms with Gasteiger partial charge >= 0.3 is 6.03 Å². The van der Waals surface area contributed by atoms with E-state index in [9.17, 15) is 19.2 Å². The average Bonchev–Trinajstić information content (AvgIpc) is 3.11. The molecule has 1 aromatic carbocycles. The van der Waals surface area contributed by atoms with Gasteiger partial charge in [-0.3, -0.25) is 19.8 Å². The van der Waals surface area contributed by atoms with Crippen molar-refractivity contribution in [3.8, 4) is 0 Å². The van der Waals surface area contributed by atoms with E-state index in [1.165, 1.54) is 0 Å². The van der Waals surface area contributed by atoms with E-state index in [1.54, 1.807) is 57.2 Å². The number of carbonyl (C=O) groups is 4. The van der Waals surface area contributed by atoms with Crippen LogP contribution in [0.5, 0.6) is 0 Å². The number of nitrogens with one attached hydrogen (secondary N) is 3. The quantitative estimate of drug-likeness (QED) is 0.667. The van der Waals surface area contributed by atoms with Gasteiger partial charge in [-0.15, -0.1) is 0 Å². The van der Waals surface area contributed by atoms with E-state index in [0.717, 1.165) is 0 Å². The van der Waals surface area contributed by atoms with Gasteiger partial charge in [0.15, 0.2) is 0 Å². The number of rotatable bonds is 5. The standard InChI is InChI=1S/C19H20N4O5/c1-11-9-14(12(2)28-11)16(25)20-10-15(24)22-23-17(26)19(3,21-18(23)27)13-7-5-4-6-8-13/h4-9H,10H2,1-3H3,(H,20,25)(H,21,27)(H,22,24). The third kappa shape index (κ3) is 3.46. The molecule has 1 saturated heterocycles. The first-order valence-electron chi connectivity index (χ1n) is 8.59. The van der Waals surface area contributed by atoms with Crippen LogP contribution in [0.4, 0.5) is 4.79 Å². The molecule has 1 fully saturated rings. The van der Waals surface area contributed by atoms with Gasteiger partial charge in [-0.25, -0.2) is 4.79 Å². The molecule has 3 N–H and O–H groups in total. The minimum atomic E-state index is -1.29. The van der Waals surface area contributed by atoms with Crippen LogP contribution >= 0.6 is 0 Å². The summed E-state index contributed by atoms with van der Waals surface area (Å²) in [5.41, 5.74) is 1.84. The Morgan fingerprint density at radius 2 is 1.86 bits per heavy atom. The average molecular weight is 384 g/mol. The molecule has 28 heavy (non-hydrogen) atoms. The number of carbonyl (C=O) groups excluding carboxylic acids is 4. The van der Waals surface area contributed by atoms with Crippen molar-refractivity contribution in [2.45, 2.75) is 26.3 Å². The lowest BCUT2D eigenvalue weighted by atomic mass is 9.92. The van der Waals surface area contributed by atoms with Crippen molar-refractivity contribution < 1.29 is 23.6 Å². The highest BCUT2D eigenvalue weighted by molar-refractivity contribution is 6.08. The summed E-state index contributed by atoms with van der Waals surface area (Å²) in [5.74, 6) is -0.817. The summed E-state index contributed by atoms with van der Waals surface area (Å²) in [7, 11) is 0. The molecule has 0 bridgehead atoms. The van der Waals surface area contributed by atoms with Crippen LogP contribution in [0.3, 0.4) is 0 Å². The molecule has 0 aliphatic carbocycles. The van der Waals surface area contributed by atoms with Crippen molar-refractivity contribution in [1.29, 1.82) is 0 Å². The smallest absolute Gasteiger partial charge is 0.344 e. The Hall–Kier alpha value is -3.62. The van der Waals surface area contributed by atoms with Gasteiger partial charge < -0.3 is 15.1 Å². The molecule has 1 aliphatic heterocycles. The number of hydrogen-bond acceptors (Lipinski definition) is 5. The van der Waals surface area contributed by atoms with Crippen molar-refractivity contribution in [1.82, 2.24) is 21.1 Å². The summed E-state index contributed by atoms with van der Waals surface area (Å²) in [6.45, 7) is 4.49. The number of nitrogens with zero attached hydrogens (tertiary/aromatic N) is 1. The zero-order valence-electron chi connectivity index (χ0n) is 15.7. The number of hydrazine groups is 1. The Balaban J connectivity index is 1.63. The van der Waals surface area contributed by atoms with E-state index in [4.69, 9.17) is 4.42 Å². The zero-order valence-corrected chi connectivity index (χ0v) is 15.7. The maximum Gasteiger partial charge on any atom is 0.344 e. The van der Waals surface area contributed by atoms with E-state index >= 15 is 0 Å². The predicted molar refractivity (Wildman–Crippen MR) is 97.8 cm³/mol. The SMILES string of the molecule is Cc1cc(C(=O)NCC(=O)NN2C(=O)NC(C)(c3ccccc3)C2=O)c(C)o1. The van der Waals surface area contributed by atoms with Crippen LogP contribution in [-0.4, -0.2) is 35.3 Å². The van der Waals surface area contributed by atoms with E-state index in [2.05, 4.69) is 16.1 Å². The lowest BCUT2D eigenvalue weighted by Crippen LogP contribution is -2.50. The van der Waals surface area contributed by atoms with Gasteiger partial charge in [0.25, 0.3) is 17.7 Å².